The highest BCUT2D eigenvalue weighted by molar-refractivity contribution is 9.10. The Morgan fingerprint density at radius 2 is 1.93 bits per heavy atom. The molecule has 2 amide bonds. The summed E-state index contributed by atoms with van der Waals surface area (Å²) >= 11 is 3.44. The third-order valence-electron chi connectivity index (χ3n) is 4.12. The Kier molecular flexibility index (Phi) is 8.41. The molecular formula is C20H25BrN4O3. The van der Waals surface area contributed by atoms with Crippen molar-refractivity contribution < 1.29 is 14.3 Å². The lowest BCUT2D eigenvalue weighted by Crippen LogP contribution is -2.30. The minimum Gasteiger partial charge on any atom is -0.385 e. The van der Waals surface area contributed by atoms with Crippen LogP contribution in [0, 0.1) is 13.8 Å². The van der Waals surface area contributed by atoms with E-state index in [2.05, 4.69) is 36.3 Å². The molecule has 1 aromatic heterocycles. The number of hydrogen-bond donors (Lipinski definition) is 2. The predicted molar refractivity (Wildman–Crippen MR) is 113 cm³/mol. The molecule has 8 heteroatoms. The molecule has 0 saturated heterocycles. The highest BCUT2D eigenvalue weighted by Crippen LogP contribution is 2.21. The Morgan fingerprint density at radius 3 is 2.61 bits per heavy atom. The fraction of sp³-hybridized carbons (Fsp3) is 0.350. The maximum atomic E-state index is 11.8. The number of aryl methyl sites for hydroxylation is 1. The second-order valence-corrected chi connectivity index (χ2v) is 7.22. The second kappa shape index (κ2) is 10.8. The minimum atomic E-state index is -0.456. The van der Waals surface area contributed by atoms with E-state index < -0.39 is 5.91 Å². The number of halogens is 1. The molecule has 0 bridgehead atoms. The Morgan fingerprint density at radius 1 is 1.21 bits per heavy atom. The van der Waals surface area contributed by atoms with Crippen molar-refractivity contribution in [3.8, 4) is 5.69 Å². The summed E-state index contributed by atoms with van der Waals surface area (Å²) in [5.41, 5.74) is 6.40. The molecule has 0 aliphatic carbocycles. The van der Waals surface area contributed by atoms with Gasteiger partial charge in [0.15, 0.2) is 0 Å². The molecule has 0 radical (unpaired) electrons. The first-order valence-electron chi connectivity index (χ1n) is 8.94. The quantitative estimate of drug-likeness (QED) is 0.267. The van der Waals surface area contributed by atoms with Crippen molar-refractivity contribution in [2.75, 3.05) is 20.3 Å². The molecule has 7 nitrogen and oxygen atoms in total. The Labute approximate surface area is 173 Å². The SMILES string of the molecule is COCCCNC(=O)CC(=O)N/N=C/c1cc(C)n(-c2ccc(Br)cc2)c1C. The van der Waals surface area contributed by atoms with Crippen LogP contribution in [-0.2, 0) is 14.3 Å². The summed E-state index contributed by atoms with van der Waals surface area (Å²) in [4.78, 5) is 23.5. The summed E-state index contributed by atoms with van der Waals surface area (Å²) < 4.78 is 8.03. The van der Waals surface area contributed by atoms with Crippen LogP contribution >= 0.6 is 15.9 Å². The molecule has 0 aliphatic heterocycles. The number of amides is 2. The molecule has 2 rings (SSSR count). The maximum Gasteiger partial charge on any atom is 0.249 e. The Bertz CT molecular complexity index is 844. The van der Waals surface area contributed by atoms with Gasteiger partial charge in [0.05, 0.1) is 6.21 Å². The van der Waals surface area contributed by atoms with Gasteiger partial charge >= 0.3 is 0 Å². The molecule has 1 heterocycles. The van der Waals surface area contributed by atoms with Gasteiger partial charge in [0, 0.05) is 47.4 Å². The molecule has 150 valence electrons. The first-order valence-corrected chi connectivity index (χ1v) is 9.74. The van der Waals surface area contributed by atoms with Crippen molar-refractivity contribution in [3.05, 3.63) is 51.8 Å². The van der Waals surface area contributed by atoms with Gasteiger partial charge in [0.25, 0.3) is 0 Å². The highest BCUT2D eigenvalue weighted by Gasteiger charge is 2.10. The van der Waals surface area contributed by atoms with Crippen molar-refractivity contribution >= 4 is 34.0 Å². The molecule has 0 spiro atoms. The largest absolute Gasteiger partial charge is 0.385 e. The van der Waals surface area contributed by atoms with E-state index in [4.69, 9.17) is 4.74 Å². The maximum absolute atomic E-state index is 11.8. The summed E-state index contributed by atoms with van der Waals surface area (Å²) in [6.07, 6.45) is 2.03. The second-order valence-electron chi connectivity index (χ2n) is 6.30. The van der Waals surface area contributed by atoms with E-state index in [1.807, 2.05) is 44.2 Å². The molecule has 0 atom stereocenters. The van der Waals surface area contributed by atoms with E-state index in [0.717, 1.165) is 27.1 Å². The van der Waals surface area contributed by atoms with E-state index in [-0.39, 0.29) is 12.3 Å². The van der Waals surface area contributed by atoms with Gasteiger partial charge in [-0.1, -0.05) is 15.9 Å². The van der Waals surface area contributed by atoms with Gasteiger partial charge in [0.1, 0.15) is 6.42 Å². The summed E-state index contributed by atoms with van der Waals surface area (Å²) in [5, 5.41) is 6.64. The number of ether oxygens (including phenoxy) is 1. The van der Waals surface area contributed by atoms with E-state index in [0.29, 0.717) is 19.6 Å². The lowest BCUT2D eigenvalue weighted by atomic mass is 10.2. The summed E-state index contributed by atoms with van der Waals surface area (Å²) in [6, 6.07) is 10.0. The van der Waals surface area contributed by atoms with Crippen LogP contribution in [0.25, 0.3) is 5.69 Å². The van der Waals surface area contributed by atoms with E-state index >= 15 is 0 Å². The van der Waals surface area contributed by atoms with Crippen LogP contribution in [0.5, 0.6) is 0 Å². The fourth-order valence-corrected chi connectivity index (χ4v) is 3.04. The van der Waals surface area contributed by atoms with Gasteiger partial charge < -0.3 is 14.6 Å². The topological polar surface area (TPSA) is 84.7 Å². The zero-order valence-electron chi connectivity index (χ0n) is 16.3. The van der Waals surface area contributed by atoms with Gasteiger partial charge in [-0.2, -0.15) is 5.10 Å². The van der Waals surface area contributed by atoms with Crippen molar-refractivity contribution in [3.63, 3.8) is 0 Å². The Hall–Kier alpha value is -2.45. The smallest absolute Gasteiger partial charge is 0.249 e. The van der Waals surface area contributed by atoms with Crippen LogP contribution in [0.3, 0.4) is 0 Å². The number of hydrogen-bond acceptors (Lipinski definition) is 4. The van der Waals surface area contributed by atoms with Crippen LogP contribution in [0.1, 0.15) is 29.8 Å². The first kappa shape index (κ1) is 21.8. The fourth-order valence-electron chi connectivity index (χ4n) is 2.77. The van der Waals surface area contributed by atoms with E-state index in [9.17, 15) is 9.59 Å². The van der Waals surface area contributed by atoms with Crippen LogP contribution in [0.15, 0.2) is 39.9 Å². The van der Waals surface area contributed by atoms with Crippen LogP contribution in [0.4, 0.5) is 0 Å². The number of aromatic nitrogens is 1. The van der Waals surface area contributed by atoms with Crippen molar-refractivity contribution in [2.24, 2.45) is 5.10 Å². The average molecular weight is 449 g/mol. The summed E-state index contributed by atoms with van der Waals surface area (Å²) in [5.74, 6) is -0.792. The monoisotopic (exact) mass is 448 g/mol. The molecule has 0 saturated carbocycles. The van der Waals surface area contributed by atoms with E-state index in [1.54, 1.807) is 13.3 Å². The van der Waals surface area contributed by atoms with Crippen LogP contribution in [-0.4, -0.2) is 42.9 Å². The molecule has 1 aromatic carbocycles. The number of rotatable bonds is 9. The minimum absolute atomic E-state index is 0.262. The Balaban J connectivity index is 1.92. The normalized spacial score (nSPS) is 11.0. The number of carbonyl (C=O) groups is 2. The number of benzene rings is 1. The highest BCUT2D eigenvalue weighted by atomic mass is 79.9. The zero-order valence-corrected chi connectivity index (χ0v) is 17.9. The lowest BCUT2D eigenvalue weighted by molar-refractivity contribution is -0.129. The van der Waals surface area contributed by atoms with Crippen LogP contribution in [0.2, 0.25) is 0 Å². The molecular weight excluding hydrogens is 424 g/mol. The van der Waals surface area contributed by atoms with Crippen molar-refractivity contribution in [1.82, 2.24) is 15.3 Å². The van der Waals surface area contributed by atoms with Gasteiger partial charge in [0.2, 0.25) is 11.8 Å². The molecule has 2 N–H and O–H groups in total. The standard InChI is InChI=1S/C20H25BrN4O3/c1-14-11-16(15(2)25(14)18-7-5-17(21)6-8-18)13-23-24-20(27)12-19(26)22-9-4-10-28-3/h5-8,11,13H,4,9-10,12H2,1-3H3,(H,22,26)(H,24,27)/b23-13+. The number of methoxy groups -OCH3 is 1. The van der Waals surface area contributed by atoms with E-state index in [1.165, 1.54) is 0 Å². The van der Waals surface area contributed by atoms with Crippen molar-refractivity contribution in [1.29, 1.82) is 0 Å². The van der Waals surface area contributed by atoms with Crippen molar-refractivity contribution in [2.45, 2.75) is 26.7 Å². The molecule has 0 aliphatic rings. The zero-order chi connectivity index (χ0) is 20.5. The molecule has 0 fully saturated rings. The number of nitrogens with zero attached hydrogens (tertiary/aromatic N) is 2. The molecule has 28 heavy (non-hydrogen) atoms. The number of nitrogens with one attached hydrogen (secondary N) is 2. The van der Waals surface area contributed by atoms with Gasteiger partial charge in [-0.05, 0) is 50.6 Å². The van der Waals surface area contributed by atoms with Gasteiger partial charge in [-0.3, -0.25) is 9.59 Å². The van der Waals surface area contributed by atoms with Gasteiger partial charge in [-0.25, -0.2) is 5.43 Å². The van der Waals surface area contributed by atoms with Crippen LogP contribution < -0.4 is 10.7 Å². The predicted octanol–water partition coefficient (Wildman–Crippen LogP) is 2.85. The number of carbonyl (C=O) groups excluding carboxylic acids is 2. The average Bonchev–Trinajstić information content (AvgIpc) is 2.93. The van der Waals surface area contributed by atoms with Gasteiger partial charge in [-0.15, -0.1) is 0 Å². The molecule has 2 aromatic rings. The first-order chi connectivity index (χ1) is 13.4. The summed E-state index contributed by atoms with van der Waals surface area (Å²) in [7, 11) is 1.60. The number of hydrazone groups is 1. The summed E-state index contributed by atoms with van der Waals surface area (Å²) in [6.45, 7) is 5.05. The third-order valence-corrected chi connectivity index (χ3v) is 4.65. The third kappa shape index (κ3) is 6.31. The lowest BCUT2D eigenvalue weighted by Gasteiger charge is -2.09. The molecule has 0 unspecified atom stereocenters.